The zero-order valence-corrected chi connectivity index (χ0v) is 14.1. The van der Waals surface area contributed by atoms with Crippen LogP contribution < -0.4 is 5.32 Å². The lowest BCUT2D eigenvalue weighted by molar-refractivity contribution is -0.121. The lowest BCUT2D eigenvalue weighted by Gasteiger charge is -2.34. The molecule has 1 aliphatic carbocycles. The van der Waals surface area contributed by atoms with Crippen molar-refractivity contribution in [2.75, 3.05) is 5.32 Å². The minimum atomic E-state index is -0.424. The van der Waals surface area contributed by atoms with E-state index in [2.05, 4.69) is 15.3 Å². The molecule has 2 aromatic rings. The number of likely N-dealkylation sites (tertiary alicyclic amines) is 1. The third kappa shape index (κ3) is 2.88. The molecule has 6 nitrogen and oxygen atoms in total. The monoisotopic (exact) mass is 336 g/mol. The van der Waals surface area contributed by atoms with Gasteiger partial charge in [-0.15, -0.1) is 0 Å². The van der Waals surface area contributed by atoms with Crippen LogP contribution in [0, 0.1) is 12.8 Å². The number of piperidine rings is 1. The highest BCUT2D eigenvalue weighted by Gasteiger charge is 2.51. The number of rotatable bonds is 3. The van der Waals surface area contributed by atoms with E-state index in [0.29, 0.717) is 11.3 Å². The maximum atomic E-state index is 13.0. The summed E-state index contributed by atoms with van der Waals surface area (Å²) in [6.45, 7) is 1.91. The molecule has 1 saturated heterocycles. The van der Waals surface area contributed by atoms with Gasteiger partial charge in [0, 0.05) is 24.6 Å². The van der Waals surface area contributed by atoms with Crippen molar-refractivity contribution in [3.63, 3.8) is 0 Å². The van der Waals surface area contributed by atoms with E-state index >= 15 is 0 Å². The largest absolute Gasteiger partial charge is 0.323 e. The molecule has 0 spiro atoms. The van der Waals surface area contributed by atoms with Crippen molar-refractivity contribution in [2.45, 2.75) is 38.3 Å². The SMILES string of the molecule is Cc1cncc(C(=O)N2[C@H]3CC[C@@H](C3)[C@H]2C(=O)Nc2cccnc2)c1. The van der Waals surface area contributed by atoms with E-state index in [9.17, 15) is 9.59 Å². The summed E-state index contributed by atoms with van der Waals surface area (Å²) >= 11 is 0. The lowest BCUT2D eigenvalue weighted by atomic mass is 9.97. The van der Waals surface area contributed by atoms with Crippen LogP contribution in [0.5, 0.6) is 0 Å². The molecule has 2 amide bonds. The summed E-state index contributed by atoms with van der Waals surface area (Å²) in [6.07, 6.45) is 9.43. The molecule has 25 heavy (non-hydrogen) atoms. The predicted octanol–water partition coefficient (Wildman–Crippen LogP) is 2.42. The van der Waals surface area contributed by atoms with Crippen LogP contribution in [0.1, 0.15) is 35.2 Å². The van der Waals surface area contributed by atoms with E-state index in [-0.39, 0.29) is 23.8 Å². The van der Waals surface area contributed by atoms with Crippen LogP contribution in [0.3, 0.4) is 0 Å². The summed E-state index contributed by atoms with van der Waals surface area (Å²) in [6, 6.07) is 5.12. The normalized spacial score (nSPS) is 24.4. The summed E-state index contributed by atoms with van der Waals surface area (Å²) in [5.74, 6) is -0.00714. The Labute approximate surface area is 146 Å². The van der Waals surface area contributed by atoms with Gasteiger partial charge in [0.15, 0.2) is 0 Å². The molecule has 0 aromatic carbocycles. The Hall–Kier alpha value is -2.76. The Morgan fingerprint density at radius 3 is 2.84 bits per heavy atom. The fourth-order valence-electron chi connectivity index (χ4n) is 4.09. The molecular weight excluding hydrogens is 316 g/mol. The molecular formula is C19H20N4O2. The van der Waals surface area contributed by atoms with Gasteiger partial charge in [0.2, 0.25) is 5.91 Å². The lowest BCUT2D eigenvalue weighted by Crippen LogP contribution is -2.51. The number of fused-ring (bicyclic) bond motifs is 2. The van der Waals surface area contributed by atoms with Gasteiger partial charge in [0.25, 0.3) is 5.91 Å². The van der Waals surface area contributed by atoms with Gasteiger partial charge in [0.05, 0.1) is 17.4 Å². The number of carbonyl (C=O) groups excluding carboxylic acids is 2. The molecule has 2 aliphatic rings. The number of carbonyl (C=O) groups is 2. The van der Waals surface area contributed by atoms with E-state index in [4.69, 9.17) is 0 Å². The van der Waals surface area contributed by atoms with E-state index in [1.165, 1.54) is 0 Å². The number of pyridine rings is 2. The molecule has 128 valence electrons. The minimum Gasteiger partial charge on any atom is -0.323 e. The molecule has 2 aromatic heterocycles. The van der Waals surface area contributed by atoms with Gasteiger partial charge in [-0.3, -0.25) is 19.6 Å². The molecule has 1 saturated carbocycles. The molecule has 1 aliphatic heterocycles. The molecule has 0 radical (unpaired) electrons. The first kappa shape index (κ1) is 15.7. The van der Waals surface area contributed by atoms with Gasteiger partial charge in [-0.1, -0.05) is 0 Å². The summed E-state index contributed by atoms with van der Waals surface area (Å²) in [7, 11) is 0. The van der Waals surface area contributed by atoms with Gasteiger partial charge >= 0.3 is 0 Å². The number of anilines is 1. The van der Waals surface area contributed by atoms with Crippen LogP contribution in [0.15, 0.2) is 43.0 Å². The summed E-state index contributed by atoms with van der Waals surface area (Å²) in [5, 5.41) is 2.91. The third-order valence-corrected chi connectivity index (χ3v) is 5.14. The summed E-state index contributed by atoms with van der Waals surface area (Å²) in [4.78, 5) is 35.8. The average molecular weight is 336 g/mol. The number of amides is 2. The smallest absolute Gasteiger partial charge is 0.256 e. The van der Waals surface area contributed by atoms with Gasteiger partial charge in [0.1, 0.15) is 6.04 Å². The van der Waals surface area contributed by atoms with Crippen molar-refractivity contribution < 1.29 is 9.59 Å². The first-order chi connectivity index (χ1) is 12.1. The highest BCUT2D eigenvalue weighted by Crippen LogP contribution is 2.43. The second kappa shape index (κ2) is 6.27. The zero-order chi connectivity index (χ0) is 17.4. The molecule has 3 atom stereocenters. The van der Waals surface area contributed by atoms with Gasteiger partial charge in [-0.25, -0.2) is 0 Å². The molecule has 0 unspecified atom stereocenters. The summed E-state index contributed by atoms with van der Waals surface area (Å²) in [5.41, 5.74) is 2.14. The highest BCUT2D eigenvalue weighted by atomic mass is 16.2. The number of hydrogen-bond acceptors (Lipinski definition) is 4. The van der Waals surface area contributed by atoms with Crippen LogP contribution in [0.2, 0.25) is 0 Å². The van der Waals surface area contributed by atoms with Crippen LogP contribution in [-0.4, -0.2) is 38.8 Å². The van der Waals surface area contributed by atoms with Gasteiger partial charge in [-0.2, -0.15) is 0 Å². The van der Waals surface area contributed by atoms with Crippen molar-refractivity contribution >= 4 is 17.5 Å². The maximum absolute atomic E-state index is 13.0. The Bertz CT molecular complexity index is 808. The number of nitrogens with one attached hydrogen (secondary N) is 1. The maximum Gasteiger partial charge on any atom is 0.256 e. The predicted molar refractivity (Wildman–Crippen MR) is 92.9 cm³/mol. The number of nitrogens with zero attached hydrogens (tertiary/aromatic N) is 3. The Morgan fingerprint density at radius 2 is 2.08 bits per heavy atom. The Balaban J connectivity index is 1.59. The van der Waals surface area contributed by atoms with Crippen molar-refractivity contribution in [3.05, 3.63) is 54.1 Å². The second-order valence-electron chi connectivity index (χ2n) is 6.87. The van der Waals surface area contributed by atoms with Gasteiger partial charge < -0.3 is 10.2 Å². The quantitative estimate of drug-likeness (QED) is 0.934. The van der Waals surface area contributed by atoms with Crippen molar-refractivity contribution in [1.29, 1.82) is 0 Å². The number of aromatic nitrogens is 2. The van der Waals surface area contributed by atoms with Crippen molar-refractivity contribution in [2.24, 2.45) is 5.92 Å². The van der Waals surface area contributed by atoms with E-state index in [0.717, 1.165) is 24.8 Å². The van der Waals surface area contributed by atoms with Crippen molar-refractivity contribution in [3.8, 4) is 0 Å². The van der Waals surface area contributed by atoms with E-state index in [1.807, 2.05) is 13.0 Å². The van der Waals surface area contributed by atoms with E-state index < -0.39 is 6.04 Å². The topological polar surface area (TPSA) is 75.2 Å². The molecule has 4 rings (SSSR count). The fraction of sp³-hybridized carbons (Fsp3) is 0.368. The first-order valence-electron chi connectivity index (χ1n) is 8.58. The molecule has 2 fully saturated rings. The van der Waals surface area contributed by atoms with Crippen LogP contribution >= 0.6 is 0 Å². The second-order valence-corrected chi connectivity index (χ2v) is 6.87. The van der Waals surface area contributed by atoms with Crippen molar-refractivity contribution in [1.82, 2.24) is 14.9 Å². The molecule has 1 N–H and O–H groups in total. The Kier molecular flexibility index (Phi) is 3.95. The molecule has 2 bridgehead atoms. The Morgan fingerprint density at radius 1 is 1.20 bits per heavy atom. The van der Waals surface area contributed by atoms with Crippen LogP contribution in [-0.2, 0) is 4.79 Å². The van der Waals surface area contributed by atoms with E-state index in [1.54, 1.807) is 41.8 Å². The molecule has 6 heteroatoms. The minimum absolute atomic E-state index is 0.102. The number of hydrogen-bond donors (Lipinski definition) is 1. The van der Waals surface area contributed by atoms with Gasteiger partial charge in [-0.05, 0) is 55.9 Å². The zero-order valence-electron chi connectivity index (χ0n) is 14.1. The highest BCUT2D eigenvalue weighted by molar-refractivity contribution is 6.02. The fourth-order valence-corrected chi connectivity index (χ4v) is 4.09. The van der Waals surface area contributed by atoms with Crippen LogP contribution in [0.4, 0.5) is 5.69 Å². The summed E-state index contributed by atoms with van der Waals surface area (Å²) < 4.78 is 0. The average Bonchev–Trinajstić information content (AvgIpc) is 3.23. The molecule has 3 heterocycles. The third-order valence-electron chi connectivity index (χ3n) is 5.14. The number of aryl methyl sites for hydroxylation is 1. The van der Waals surface area contributed by atoms with Crippen LogP contribution in [0.25, 0.3) is 0 Å². The standard InChI is InChI=1S/C19H20N4O2/c1-12-7-14(10-21-9-12)19(25)23-16-5-4-13(8-16)17(23)18(24)22-15-3-2-6-20-11-15/h2-3,6-7,9-11,13,16-17H,4-5,8H2,1H3,(H,22,24)/t13-,16-,17-/m0/s1. The first-order valence-corrected chi connectivity index (χ1v) is 8.58.